The molecule has 0 radical (unpaired) electrons. The molecule has 1 aliphatic rings. The molecule has 3 aromatic rings. The van der Waals surface area contributed by atoms with Crippen LogP contribution in [0, 0.1) is 0 Å². The van der Waals surface area contributed by atoms with Crippen LogP contribution in [0.15, 0.2) is 47.3 Å². The fourth-order valence-corrected chi connectivity index (χ4v) is 3.88. The van der Waals surface area contributed by atoms with E-state index in [0.29, 0.717) is 37.0 Å². The molecular formula is C23H24ClN3O3. The van der Waals surface area contributed by atoms with E-state index in [0.717, 1.165) is 40.4 Å². The molecule has 7 heteroatoms. The van der Waals surface area contributed by atoms with Crippen molar-refractivity contribution < 1.29 is 9.47 Å². The number of nitrogens with zero attached hydrogens (tertiary/aromatic N) is 2. The molecule has 1 aromatic heterocycles. The van der Waals surface area contributed by atoms with Gasteiger partial charge < -0.3 is 14.5 Å². The van der Waals surface area contributed by atoms with Crippen molar-refractivity contribution in [3.63, 3.8) is 0 Å². The Hall–Kier alpha value is -2.83. The van der Waals surface area contributed by atoms with Gasteiger partial charge in [-0.25, -0.2) is 4.98 Å². The monoisotopic (exact) mass is 425 g/mol. The molecule has 0 saturated heterocycles. The number of H-pyrrole nitrogens is 1. The molecule has 0 amide bonds. The third-order valence-corrected chi connectivity index (χ3v) is 5.48. The Morgan fingerprint density at radius 3 is 2.73 bits per heavy atom. The first-order chi connectivity index (χ1) is 14.6. The number of aromatic amines is 1. The van der Waals surface area contributed by atoms with Crippen LogP contribution in [0.2, 0.25) is 5.02 Å². The second-order valence-corrected chi connectivity index (χ2v) is 7.63. The lowest BCUT2D eigenvalue weighted by Gasteiger charge is -2.28. The average Bonchev–Trinajstić information content (AvgIpc) is 2.76. The number of rotatable bonds is 6. The van der Waals surface area contributed by atoms with E-state index in [9.17, 15) is 4.79 Å². The Labute approximate surface area is 180 Å². The molecule has 4 rings (SSSR count). The normalized spacial score (nSPS) is 13.7. The number of halogens is 1. The molecule has 2 aromatic carbocycles. The first kappa shape index (κ1) is 20.4. The highest BCUT2D eigenvalue weighted by Gasteiger charge is 2.23. The molecule has 0 unspecified atom stereocenters. The van der Waals surface area contributed by atoms with Crippen molar-refractivity contribution in [2.45, 2.75) is 26.4 Å². The average molecular weight is 426 g/mol. The largest absolute Gasteiger partial charge is 0.493 e. The molecule has 0 bridgehead atoms. The number of hydrogen-bond donors (Lipinski definition) is 1. The van der Waals surface area contributed by atoms with Gasteiger partial charge in [-0.2, -0.15) is 0 Å². The van der Waals surface area contributed by atoms with Gasteiger partial charge in [0, 0.05) is 42.2 Å². The molecule has 1 aliphatic heterocycles. The standard InChI is InChI=1S/C23H24ClN3O3/c1-3-30-21-16(5-4-6-20(21)29-2)13-27-12-11-19-18(14-27)23(28)26-22(25-19)15-7-9-17(24)10-8-15/h4-10H,3,11-14H2,1-2H3,(H,25,26,28). The highest BCUT2D eigenvalue weighted by Crippen LogP contribution is 2.32. The third-order valence-electron chi connectivity index (χ3n) is 5.23. The first-order valence-corrected chi connectivity index (χ1v) is 10.4. The molecule has 2 heterocycles. The number of benzene rings is 2. The smallest absolute Gasteiger partial charge is 0.255 e. The summed E-state index contributed by atoms with van der Waals surface area (Å²) in [6.07, 6.45) is 0.716. The highest BCUT2D eigenvalue weighted by atomic mass is 35.5. The minimum absolute atomic E-state index is 0.0923. The van der Waals surface area contributed by atoms with Crippen molar-refractivity contribution in [1.29, 1.82) is 0 Å². The molecule has 30 heavy (non-hydrogen) atoms. The van der Waals surface area contributed by atoms with Crippen LogP contribution in [0.4, 0.5) is 0 Å². The van der Waals surface area contributed by atoms with Crippen LogP contribution < -0.4 is 15.0 Å². The molecule has 6 nitrogen and oxygen atoms in total. The molecule has 0 spiro atoms. The van der Waals surface area contributed by atoms with Gasteiger partial charge in [0.25, 0.3) is 5.56 Å². The van der Waals surface area contributed by atoms with Gasteiger partial charge in [0.05, 0.1) is 25.0 Å². The van der Waals surface area contributed by atoms with Crippen LogP contribution in [0.5, 0.6) is 11.5 Å². The summed E-state index contributed by atoms with van der Waals surface area (Å²) in [7, 11) is 1.64. The fraction of sp³-hybridized carbons (Fsp3) is 0.304. The quantitative estimate of drug-likeness (QED) is 0.645. The Morgan fingerprint density at radius 2 is 2.00 bits per heavy atom. The fourth-order valence-electron chi connectivity index (χ4n) is 3.76. The van der Waals surface area contributed by atoms with Crippen molar-refractivity contribution in [3.05, 3.63) is 74.7 Å². The van der Waals surface area contributed by atoms with E-state index in [1.807, 2.05) is 37.3 Å². The summed E-state index contributed by atoms with van der Waals surface area (Å²) in [5, 5.41) is 0.652. The van der Waals surface area contributed by atoms with Crippen molar-refractivity contribution in [1.82, 2.24) is 14.9 Å². The Kier molecular flexibility index (Phi) is 6.06. The number of hydrogen-bond acceptors (Lipinski definition) is 5. The van der Waals surface area contributed by atoms with Gasteiger partial charge in [-0.3, -0.25) is 9.69 Å². The Morgan fingerprint density at radius 1 is 1.20 bits per heavy atom. The van der Waals surface area contributed by atoms with Crippen LogP contribution in [0.3, 0.4) is 0 Å². The minimum atomic E-state index is -0.0923. The van der Waals surface area contributed by atoms with Crippen molar-refractivity contribution >= 4 is 11.6 Å². The predicted molar refractivity (Wildman–Crippen MR) is 117 cm³/mol. The Bertz CT molecular complexity index is 1100. The summed E-state index contributed by atoms with van der Waals surface area (Å²) in [6.45, 7) is 4.54. The van der Waals surface area contributed by atoms with E-state index in [-0.39, 0.29) is 5.56 Å². The lowest BCUT2D eigenvalue weighted by Crippen LogP contribution is -2.35. The number of nitrogens with one attached hydrogen (secondary N) is 1. The van der Waals surface area contributed by atoms with E-state index in [2.05, 4.69) is 9.88 Å². The maximum absolute atomic E-state index is 12.8. The molecular weight excluding hydrogens is 402 g/mol. The van der Waals surface area contributed by atoms with E-state index in [4.69, 9.17) is 26.1 Å². The summed E-state index contributed by atoms with van der Waals surface area (Å²) in [5.74, 6) is 2.06. The molecule has 0 aliphatic carbocycles. The van der Waals surface area contributed by atoms with Crippen LogP contribution in [-0.4, -0.2) is 35.1 Å². The second-order valence-electron chi connectivity index (χ2n) is 7.19. The number of ether oxygens (including phenoxy) is 2. The van der Waals surface area contributed by atoms with Crippen LogP contribution >= 0.6 is 11.6 Å². The van der Waals surface area contributed by atoms with Gasteiger partial charge in [0.1, 0.15) is 5.82 Å². The molecule has 0 fully saturated rings. The lowest BCUT2D eigenvalue weighted by atomic mass is 10.0. The lowest BCUT2D eigenvalue weighted by molar-refractivity contribution is 0.233. The number of fused-ring (bicyclic) bond motifs is 1. The zero-order chi connectivity index (χ0) is 21.1. The van der Waals surface area contributed by atoms with Gasteiger partial charge >= 0.3 is 0 Å². The predicted octanol–water partition coefficient (Wildman–Crippen LogP) is 4.06. The summed E-state index contributed by atoms with van der Waals surface area (Å²) < 4.78 is 11.3. The van der Waals surface area contributed by atoms with Gasteiger partial charge in [-0.05, 0) is 37.3 Å². The van der Waals surface area contributed by atoms with Crippen molar-refractivity contribution in [3.8, 4) is 22.9 Å². The number of para-hydroxylation sites is 1. The maximum Gasteiger partial charge on any atom is 0.255 e. The van der Waals surface area contributed by atoms with Crippen LogP contribution in [0.25, 0.3) is 11.4 Å². The Balaban J connectivity index is 1.58. The minimum Gasteiger partial charge on any atom is -0.493 e. The second kappa shape index (κ2) is 8.90. The van der Waals surface area contributed by atoms with Crippen LogP contribution in [-0.2, 0) is 19.5 Å². The zero-order valence-corrected chi connectivity index (χ0v) is 17.8. The SMILES string of the molecule is CCOc1c(CN2CCc3nc(-c4ccc(Cl)cc4)[nH]c(=O)c3C2)cccc1OC. The van der Waals surface area contributed by atoms with E-state index in [1.165, 1.54) is 0 Å². The van der Waals surface area contributed by atoms with E-state index >= 15 is 0 Å². The number of aromatic nitrogens is 2. The molecule has 0 atom stereocenters. The molecule has 0 saturated carbocycles. The summed E-state index contributed by atoms with van der Waals surface area (Å²) in [6, 6.07) is 13.2. The van der Waals surface area contributed by atoms with Gasteiger partial charge in [-0.15, -0.1) is 0 Å². The summed E-state index contributed by atoms with van der Waals surface area (Å²) >= 11 is 5.96. The maximum atomic E-state index is 12.8. The first-order valence-electron chi connectivity index (χ1n) is 9.98. The zero-order valence-electron chi connectivity index (χ0n) is 17.1. The third kappa shape index (κ3) is 4.20. The van der Waals surface area contributed by atoms with Crippen molar-refractivity contribution in [2.24, 2.45) is 0 Å². The topological polar surface area (TPSA) is 67.5 Å². The molecule has 1 N–H and O–H groups in total. The summed E-state index contributed by atoms with van der Waals surface area (Å²) in [4.78, 5) is 22.7. The summed E-state index contributed by atoms with van der Waals surface area (Å²) in [5.41, 5.74) is 3.38. The molecule has 156 valence electrons. The number of methoxy groups -OCH3 is 1. The van der Waals surface area contributed by atoms with E-state index in [1.54, 1.807) is 19.2 Å². The van der Waals surface area contributed by atoms with Gasteiger partial charge in [0.2, 0.25) is 0 Å². The van der Waals surface area contributed by atoms with E-state index < -0.39 is 0 Å². The van der Waals surface area contributed by atoms with Crippen LogP contribution in [0.1, 0.15) is 23.7 Å². The highest BCUT2D eigenvalue weighted by molar-refractivity contribution is 6.30. The van der Waals surface area contributed by atoms with Gasteiger partial charge in [-0.1, -0.05) is 23.7 Å². The van der Waals surface area contributed by atoms with Crippen molar-refractivity contribution in [2.75, 3.05) is 20.3 Å². The van der Waals surface area contributed by atoms with Gasteiger partial charge in [0.15, 0.2) is 11.5 Å².